The zero-order valence-corrected chi connectivity index (χ0v) is 0.408. The maximum atomic E-state index is 0. The fourth-order valence-electron chi connectivity index (χ4n) is 0. The summed E-state index contributed by atoms with van der Waals surface area (Å²) in [5.74, 6) is 0. The van der Waals surface area contributed by atoms with Gasteiger partial charge >= 0.3 is 80.9 Å². The van der Waals surface area contributed by atoms with Crippen LogP contribution in [0.5, 0.6) is 0 Å². The van der Waals surface area contributed by atoms with E-state index in [1.807, 2.05) is 0 Å². The Labute approximate surface area is 100 Å². The van der Waals surface area contributed by atoms with Gasteiger partial charge in [0.15, 0.2) is 17.4 Å². The standard InChI is InChI=1S/Al.FH.K.Na.5H/h;1H;;;;;;;. The zero-order valence-electron chi connectivity index (χ0n) is 0.408. The van der Waals surface area contributed by atoms with Crippen LogP contribution in [-0.4, -0.2) is 98.3 Å². The summed E-state index contributed by atoms with van der Waals surface area (Å²) in [6.07, 6.45) is 0. The third-order valence-corrected chi connectivity index (χ3v) is 0. The van der Waals surface area contributed by atoms with E-state index in [-0.39, 0.29) is 103 Å². The van der Waals surface area contributed by atoms with Gasteiger partial charge in [-0.3, -0.25) is 4.70 Å². The van der Waals surface area contributed by atoms with Crippen molar-refractivity contribution in [2.75, 3.05) is 0 Å². The van der Waals surface area contributed by atoms with Crippen molar-refractivity contribution in [1.82, 2.24) is 0 Å². The predicted molar refractivity (Wildman–Crippen MR) is 26.7 cm³/mol. The van der Waals surface area contributed by atoms with Gasteiger partial charge in [-0.05, 0) is 0 Å². The number of halogens is 1. The third-order valence-electron chi connectivity index (χ3n) is 0. The first-order valence-corrected chi connectivity index (χ1v) is 0. The van der Waals surface area contributed by atoms with Crippen LogP contribution in [0.1, 0.15) is 0 Å². The van der Waals surface area contributed by atoms with Crippen molar-refractivity contribution in [3.05, 3.63) is 0 Å². The molecule has 0 saturated carbocycles. The van der Waals surface area contributed by atoms with E-state index in [9.17, 15) is 0 Å². The Morgan fingerprint density at radius 3 is 1.00 bits per heavy atom. The number of rotatable bonds is 0. The van der Waals surface area contributed by atoms with E-state index in [1.165, 1.54) is 0 Å². The Morgan fingerprint density at radius 2 is 1.00 bits per heavy atom. The van der Waals surface area contributed by atoms with Crippen LogP contribution >= 0.6 is 0 Å². The molecule has 0 amide bonds. The number of hydrogen-bond acceptors (Lipinski definition) is 0. The van der Waals surface area contributed by atoms with Crippen LogP contribution in [0.25, 0.3) is 0 Å². The first-order chi connectivity index (χ1) is 0. The van der Waals surface area contributed by atoms with E-state index in [2.05, 4.69) is 0 Å². The van der Waals surface area contributed by atoms with Crippen molar-refractivity contribution in [3.63, 3.8) is 0 Å². The predicted octanol–water partition coefficient (Wildman–Crippen LogP) is -2.33. The van der Waals surface area contributed by atoms with Crippen LogP contribution in [0.2, 0.25) is 0 Å². The summed E-state index contributed by atoms with van der Waals surface area (Å²) in [7, 11) is 0. The van der Waals surface area contributed by atoms with Gasteiger partial charge in [0.2, 0.25) is 0 Å². The van der Waals surface area contributed by atoms with Crippen LogP contribution in [0.4, 0.5) is 4.70 Å². The molecule has 0 fully saturated rings. The van der Waals surface area contributed by atoms with Crippen LogP contribution in [0, 0.1) is 0 Å². The van der Waals surface area contributed by atoms with Gasteiger partial charge in [-0.25, -0.2) is 0 Å². The molecule has 0 aromatic rings. The van der Waals surface area contributed by atoms with Gasteiger partial charge in [-0.15, -0.1) is 0 Å². The van der Waals surface area contributed by atoms with Crippen molar-refractivity contribution >= 4 is 98.3 Å². The van der Waals surface area contributed by atoms with Gasteiger partial charge < -0.3 is 0 Å². The summed E-state index contributed by atoms with van der Waals surface area (Å²) in [4.78, 5) is 0. The Bertz CT molecular complexity index is 8.00. The molecule has 18 valence electrons. The summed E-state index contributed by atoms with van der Waals surface area (Å²) < 4.78 is 0. The van der Waals surface area contributed by atoms with E-state index in [0.717, 1.165) is 0 Å². The molecule has 0 heterocycles. The SMILES string of the molecule is F.[AlH3].[KH].[NaH]. The fraction of sp³-hybridized carbons (Fsp3) is 0. The maximum absolute atomic E-state index is 0. The fourth-order valence-corrected chi connectivity index (χ4v) is 0. The van der Waals surface area contributed by atoms with E-state index < -0.39 is 0 Å². The van der Waals surface area contributed by atoms with Gasteiger partial charge in [0.25, 0.3) is 0 Å². The Hall–Kier alpha value is 3.10. The average Bonchev–Trinajstić information content (AvgIpc) is 0. The molecule has 4 heteroatoms. The Balaban J connectivity index is 0. The van der Waals surface area contributed by atoms with Crippen LogP contribution < -0.4 is 0 Å². The molecule has 0 aromatic heterocycles. The quantitative estimate of drug-likeness (QED) is 0.310. The van der Waals surface area contributed by atoms with E-state index >= 15 is 0 Å². The molecule has 0 rings (SSSR count). The summed E-state index contributed by atoms with van der Waals surface area (Å²) in [5, 5.41) is 0. The van der Waals surface area contributed by atoms with Gasteiger partial charge in [-0.2, -0.15) is 0 Å². The van der Waals surface area contributed by atoms with E-state index in [0.29, 0.717) is 0 Å². The summed E-state index contributed by atoms with van der Waals surface area (Å²) in [6, 6.07) is 0. The minimum atomic E-state index is 0. The molecule has 0 atom stereocenters. The first kappa shape index (κ1) is 27.5. The molecule has 0 radical (unpaired) electrons. The Morgan fingerprint density at radius 1 is 1.00 bits per heavy atom. The molecular weight excluding hydrogens is 108 g/mol. The molecule has 0 nitrogen and oxygen atoms in total. The van der Waals surface area contributed by atoms with Crippen molar-refractivity contribution in [3.8, 4) is 0 Å². The van der Waals surface area contributed by atoms with E-state index in [1.54, 1.807) is 0 Å². The molecule has 0 unspecified atom stereocenters. The molecular formula is H6AlFKNa. The number of hydrogen-bond donors (Lipinski definition) is 0. The molecule has 0 aliphatic heterocycles. The molecule has 0 aliphatic rings. The molecule has 0 spiro atoms. The molecule has 0 saturated heterocycles. The van der Waals surface area contributed by atoms with Gasteiger partial charge in [-0.1, -0.05) is 0 Å². The second-order valence-corrected chi connectivity index (χ2v) is 0. The van der Waals surface area contributed by atoms with Crippen molar-refractivity contribution in [2.24, 2.45) is 0 Å². The topological polar surface area (TPSA) is 0 Å². The van der Waals surface area contributed by atoms with Crippen molar-refractivity contribution in [2.45, 2.75) is 0 Å². The molecule has 0 aliphatic carbocycles. The summed E-state index contributed by atoms with van der Waals surface area (Å²) in [5.41, 5.74) is 0. The second kappa shape index (κ2) is 16.5. The summed E-state index contributed by atoms with van der Waals surface area (Å²) >= 11 is 0. The zero-order chi connectivity index (χ0) is 0. The molecule has 4 heavy (non-hydrogen) atoms. The first-order valence-electron chi connectivity index (χ1n) is 0. The Kier molecular flexibility index (Phi) is 114. The molecule has 0 aromatic carbocycles. The van der Waals surface area contributed by atoms with Crippen molar-refractivity contribution in [1.29, 1.82) is 0 Å². The summed E-state index contributed by atoms with van der Waals surface area (Å²) in [6.45, 7) is 0. The monoisotopic (exact) mass is 114 g/mol. The van der Waals surface area contributed by atoms with Gasteiger partial charge in [0.1, 0.15) is 0 Å². The van der Waals surface area contributed by atoms with Crippen LogP contribution in [-0.2, 0) is 0 Å². The molecule has 0 bridgehead atoms. The molecule has 0 N–H and O–H groups in total. The van der Waals surface area contributed by atoms with Crippen LogP contribution in [0.15, 0.2) is 0 Å². The van der Waals surface area contributed by atoms with Crippen LogP contribution in [0.3, 0.4) is 0 Å². The minimum absolute atomic E-state index is 0. The van der Waals surface area contributed by atoms with Gasteiger partial charge in [0.05, 0.1) is 0 Å². The van der Waals surface area contributed by atoms with E-state index in [4.69, 9.17) is 0 Å². The van der Waals surface area contributed by atoms with Gasteiger partial charge in [0, 0.05) is 0 Å². The second-order valence-electron chi connectivity index (χ2n) is 0. The normalized spacial score (nSPS) is 0. The van der Waals surface area contributed by atoms with Crippen molar-refractivity contribution < 1.29 is 4.70 Å². The third kappa shape index (κ3) is 8.92. The average molecular weight is 114 g/mol.